The second-order valence-electron chi connectivity index (χ2n) is 5.75. The van der Waals surface area contributed by atoms with Crippen LogP contribution in [0.4, 0.5) is 0 Å². The van der Waals surface area contributed by atoms with Crippen molar-refractivity contribution in [1.82, 2.24) is 26.0 Å². The molecule has 0 aromatic heterocycles. The zero-order valence-corrected chi connectivity index (χ0v) is 16.3. The molecule has 1 aliphatic heterocycles. The lowest BCUT2D eigenvalue weighted by Crippen LogP contribution is -2.74. The van der Waals surface area contributed by atoms with Crippen LogP contribution in [0.25, 0.3) is 0 Å². The normalized spacial score (nSPS) is 21.0. The number of hydrazine groups is 1. The van der Waals surface area contributed by atoms with Crippen molar-refractivity contribution in [2.75, 3.05) is 21.1 Å². The molecule has 0 aliphatic carbocycles. The van der Waals surface area contributed by atoms with E-state index in [4.69, 9.17) is 23.5 Å². The summed E-state index contributed by atoms with van der Waals surface area (Å²) >= 11 is 11.5. The molecule has 1 aromatic carbocycles. The molecule has 144 valence electrons. The number of aryl methyl sites for hydroxylation is 1. The summed E-state index contributed by atoms with van der Waals surface area (Å²) in [5, 5.41) is 7.40. The number of carbonyl (C=O) groups excluding carboxylic acids is 2. The molecular formula is C16H23Cl2N5O3. The predicted molar refractivity (Wildman–Crippen MR) is 98.7 cm³/mol. The number of benzene rings is 1. The van der Waals surface area contributed by atoms with Crippen LogP contribution in [0.1, 0.15) is 12.0 Å². The molecule has 1 heterocycles. The van der Waals surface area contributed by atoms with E-state index < -0.39 is 23.4 Å². The number of halogens is 2. The summed E-state index contributed by atoms with van der Waals surface area (Å²) in [6, 6.07) is 9.08. The van der Waals surface area contributed by atoms with Crippen LogP contribution in [0, 0.1) is 0 Å². The number of amides is 1. The van der Waals surface area contributed by atoms with Gasteiger partial charge in [0.05, 0.1) is 6.04 Å². The SMILES string of the molecule is CNN1C(=O)[C@H](CCc2ccccc2)N(C(Cl)C(=O)OCl)C1(NC)NC. The Morgan fingerprint density at radius 1 is 1.27 bits per heavy atom. The molecule has 1 amide bonds. The van der Waals surface area contributed by atoms with Gasteiger partial charge >= 0.3 is 5.97 Å². The first kappa shape index (κ1) is 20.9. The molecule has 2 rings (SSSR count). The molecule has 2 atom stereocenters. The minimum absolute atomic E-state index is 0.236. The molecule has 1 aliphatic rings. The van der Waals surface area contributed by atoms with Gasteiger partial charge in [-0.15, -0.1) is 0 Å². The molecule has 1 fully saturated rings. The van der Waals surface area contributed by atoms with Crippen LogP contribution in [-0.2, 0) is 20.3 Å². The van der Waals surface area contributed by atoms with E-state index in [0.717, 1.165) is 5.56 Å². The first-order valence-corrected chi connectivity index (χ1v) is 8.89. The number of nitrogens with zero attached hydrogens (tertiary/aromatic N) is 2. The summed E-state index contributed by atoms with van der Waals surface area (Å²) in [5.41, 5.74) is 2.65. The third-order valence-electron chi connectivity index (χ3n) is 4.52. The van der Waals surface area contributed by atoms with Crippen molar-refractivity contribution < 1.29 is 13.9 Å². The van der Waals surface area contributed by atoms with Crippen LogP contribution in [0.3, 0.4) is 0 Å². The van der Waals surface area contributed by atoms with Crippen molar-refractivity contribution >= 4 is 35.3 Å². The zero-order valence-electron chi connectivity index (χ0n) is 14.8. The van der Waals surface area contributed by atoms with Gasteiger partial charge in [0.15, 0.2) is 5.50 Å². The summed E-state index contributed by atoms with van der Waals surface area (Å²) in [6.45, 7) is 0. The van der Waals surface area contributed by atoms with E-state index in [2.05, 4.69) is 20.3 Å². The minimum atomic E-state index is -1.28. The molecular weight excluding hydrogens is 381 g/mol. The standard InChI is InChI=1S/C16H23Cl2N5O3/c1-19-16(20-2)22(13(17)15(25)26-18)12(14(24)23(16)21-3)10-9-11-7-5-4-6-8-11/h4-8,12-13,19-21H,9-10H2,1-3H3/t12-,13?/m0/s1. The maximum atomic E-state index is 13.0. The van der Waals surface area contributed by atoms with Gasteiger partial charge in [0.2, 0.25) is 5.91 Å². The molecule has 0 spiro atoms. The summed E-state index contributed by atoms with van der Waals surface area (Å²) in [4.78, 5) is 26.5. The van der Waals surface area contributed by atoms with Gasteiger partial charge in [0.1, 0.15) is 11.9 Å². The van der Waals surface area contributed by atoms with Crippen molar-refractivity contribution in [2.24, 2.45) is 0 Å². The van der Waals surface area contributed by atoms with Gasteiger partial charge in [0, 0.05) is 7.05 Å². The first-order chi connectivity index (χ1) is 12.5. The average Bonchev–Trinajstić information content (AvgIpc) is 2.93. The van der Waals surface area contributed by atoms with E-state index >= 15 is 0 Å². The number of rotatable bonds is 8. The Labute approximate surface area is 162 Å². The number of nitrogens with one attached hydrogen (secondary N) is 3. The van der Waals surface area contributed by atoms with Crippen LogP contribution in [0.5, 0.6) is 0 Å². The van der Waals surface area contributed by atoms with E-state index in [-0.39, 0.29) is 5.91 Å². The molecule has 26 heavy (non-hydrogen) atoms. The van der Waals surface area contributed by atoms with Crippen LogP contribution >= 0.6 is 23.5 Å². The average molecular weight is 404 g/mol. The van der Waals surface area contributed by atoms with Crippen LogP contribution in [-0.4, -0.2) is 60.4 Å². The van der Waals surface area contributed by atoms with Gasteiger partial charge in [0.25, 0.3) is 5.91 Å². The molecule has 1 saturated heterocycles. The molecule has 8 nitrogen and oxygen atoms in total. The van der Waals surface area contributed by atoms with Gasteiger partial charge in [-0.05, 0) is 32.5 Å². The highest BCUT2D eigenvalue weighted by atomic mass is 35.5. The Morgan fingerprint density at radius 2 is 1.88 bits per heavy atom. The molecule has 10 heteroatoms. The molecule has 1 unspecified atom stereocenters. The molecule has 0 radical (unpaired) electrons. The number of alkyl halides is 1. The Morgan fingerprint density at radius 3 is 2.38 bits per heavy atom. The van der Waals surface area contributed by atoms with Gasteiger partial charge in [-0.1, -0.05) is 41.9 Å². The Kier molecular flexibility index (Phi) is 7.22. The predicted octanol–water partition coefficient (Wildman–Crippen LogP) is 0.578. The smallest absolute Gasteiger partial charge is 0.345 e. The highest BCUT2D eigenvalue weighted by Gasteiger charge is 2.59. The summed E-state index contributed by atoms with van der Waals surface area (Å²) in [7, 11) is 4.91. The summed E-state index contributed by atoms with van der Waals surface area (Å²) in [6.07, 6.45) is 1.08. The van der Waals surface area contributed by atoms with Crippen molar-refractivity contribution in [1.29, 1.82) is 0 Å². The molecule has 0 bridgehead atoms. The largest absolute Gasteiger partial charge is 0.357 e. The maximum absolute atomic E-state index is 13.0. The van der Waals surface area contributed by atoms with Crippen LogP contribution in [0.15, 0.2) is 30.3 Å². The van der Waals surface area contributed by atoms with E-state index in [9.17, 15) is 9.59 Å². The number of hydrogen-bond acceptors (Lipinski definition) is 7. The fraction of sp³-hybridized carbons (Fsp3) is 0.500. The fourth-order valence-corrected chi connectivity index (χ4v) is 3.78. The second kappa shape index (κ2) is 8.98. The quantitative estimate of drug-likeness (QED) is 0.332. The first-order valence-electron chi connectivity index (χ1n) is 8.15. The van der Waals surface area contributed by atoms with Gasteiger partial charge < -0.3 is 4.29 Å². The number of hydrogen-bond donors (Lipinski definition) is 3. The van der Waals surface area contributed by atoms with E-state index in [1.165, 1.54) is 9.91 Å². The van der Waals surface area contributed by atoms with Crippen molar-refractivity contribution in [3.05, 3.63) is 35.9 Å². The number of carbonyl (C=O) groups is 2. The van der Waals surface area contributed by atoms with E-state index in [1.807, 2.05) is 30.3 Å². The topological polar surface area (TPSA) is 85.9 Å². The third-order valence-corrected chi connectivity index (χ3v) is 5.06. The van der Waals surface area contributed by atoms with Crippen LogP contribution < -0.4 is 16.1 Å². The van der Waals surface area contributed by atoms with Crippen molar-refractivity contribution in [2.45, 2.75) is 30.3 Å². The highest BCUT2D eigenvalue weighted by Crippen LogP contribution is 2.33. The van der Waals surface area contributed by atoms with Gasteiger partial charge in [-0.2, -0.15) is 0 Å². The lowest BCUT2D eigenvalue weighted by atomic mass is 10.0. The van der Waals surface area contributed by atoms with Crippen molar-refractivity contribution in [3.63, 3.8) is 0 Å². The monoisotopic (exact) mass is 403 g/mol. The van der Waals surface area contributed by atoms with Gasteiger partial charge in [-0.25, -0.2) is 20.1 Å². The van der Waals surface area contributed by atoms with E-state index in [1.54, 1.807) is 21.1 Å². The van der Waals surface area contributed by atoms with Crippen LogP contribution in [0.2, 0.25) is 0 Å². The zero-order chi connectivity index (χ0) is 19.3. The minimum Gasteiger partial charge on any atom is -0.345 e. The van der Waals surface area contributed by atoms with Crippen molar-refractivity contribution in [3.8, 4) is 0 Å². The lowest BCUT2D eigenvalue weighted by Gasteiger charge is -2.43. The molecule has 1 aromatic rings. The van der Waals surface area contributed by atoms with E-state index in [0.29, 0.717) is 12.8 Å². The lowest BCUT2D eigenvalue weighted by molar-refractivity contribution is -0.148. The maximum Gasteiger partial charge on any atom is 0.357 e. The molecule has 0 saturated carbocycles. The Hall–Kier alpha value is -1.42. The Bertz CT molecular complexity index is 630. The van der Waals surface area contributed by atoms with Gasteiger partial charge in [-0.3, -0.25) is 15.4 Å². The third kappa shape index (κ3) is 3.66. The summed E-state index contributed by atoms with van der Waals surface area (Å²) < 4.78 is 4.28. The molecule has 3 N–H and O–H groups in total. The highest BCUT2D eigenvalue weighted by molar-refractivity contribution is 6.31. The Balaban J connectivity index is 2.38. The summed E-state index contributed by atoms with van der Waals surface area (Å²) in [5.74, 6) is -2.33. The fourth-order valence-electron chi connectivity index (χ4n) is 3.33. The second-order valence-corrected chi connectivity index (χ2v) is 6.32.